The van der Waals surface area contributed by atoms with Gasteiger partial charge in [0.05, 0.1) is 25.2 Å². The molecule has 0 bridgehead atoms. The highest BCUT2D eigenvalue weighted by Crippen LogP contribution is 2.25. The summed E-state index contributed by atoms with van der Waals surface area (Å²) in [6.07, 6.45) is 2.56. The summed E-state index contributed by atoms with van der Waals surface area (Å²) in [5, 5.41) is 66.8. The molecule has 0 spiro atoms. The molecule has 1 saturated heterocycles. The lowest BCUT2D eigenvalue weighted by Gasteiger charge is -2.30. The number of primary amides is 2. The van der Waals surface area contributed by atoms with Crippen molar-refractivity contribution in [3.8, 4) is 0 Å². The number of thiol groups is 2. The Balaban J connectivity index is 1.01. The van der Waals surface area contributed by atoms with Gasteiger partial charge in [-0.3, -0.25) is 91.1 Å². The zero-order chi connectivity index (χ0) is 107. The van der Waals surface area contributed by atoms with Crippen molar-refractivity contribution in [3.63, 3.8) is 0 Å². The van der Waals surface area contributed by atoms with Crippen LogP contribution >= 0.6 is 37.0 Å². The second kappa shape index (κ2) is 58.5. The van der Waals surface area contributed by atoms with Crippen LogP contribution in [0.25, 0.3) is 21.8 Å². The van der Waals surface area contributed by atoms with Crippen molar-refractivity contribution >= 4 is 177 Å². The number of H-pyrrole nitrogens is 3. The highest BCUT2D eigenvalue weighted by Gasteiger charge is 2.44. The van der Waals surface area contributed by atoms with E-state index >= 15 is 28.8 Å². The number of thioether (sulfide) groups is 1. The number of nitrogens with zero attached hydrogens (tertiary/aromatic N) is 2. The van der Waals surface area contributed by atoms with Crippen molar-refractivity contribution in [1.82, 2.24) is 99.3 Å². The maximum absolute atomic E-state index is 15.4. The summed E-state index contributed by atoms with van der Waals surface area (Å²) in [6.45, 7) is 6.72. The van der Waals surface area contributed by atoms with Crippen LogP contribution in [0, 0.1) is 11.8 Å². The normalized spacial score (nSPS) is 15.4. The Morgan fingerprint density at radius 1 is 0.438 bits per heavy atom. The van der Waals surface area contributed by atoms with Crippen LogP contribution in [0.5, 0.6) is 0 Å². The molecule has 0 unspecified atom stereocenters. The monoisotopic (exact) mass is 2080 g/mol. The first-order valence-corrected chi connectivity index (χ1v) is 50.3. The number of carboxylic acid groups (broad SMARTS) is 3. The van der Waals surface area contributed by atoms with E-state index in [1.165, 1.54) is 24.3 Å². The fourth-order valence-corrected chi connectivity index (χ4v) is 17.3. The molecule has 7 aromatic rings. The number of aliphatic carboxylic acids is 3. The Morgan fingerprint density at radius 3 is 1.28 bits per heavy atom. The number of hydrogen-bond donors (Lipinski definition) is 26. The number of benzene rings is 4. The summed E-state index contributed by atoms with van der Waals surface area (Å²) < 4.78 is 0. The number of nitrogens with two attached hydrogens (primary N) is 4. The third-order valence-electron chi connectivity index (χ3n) is 24.1. The number of nitrogens with one attached hydrogen (secondary N) is 17. The number of likely N-dealkylation sites (tertiary alicyclic amines) is 1. The van der Waals surface area contributed by atoms with Crippen molar-refractivity contribution in [2.24, 2.45) is 34.8 Å². The Bertz CT molecular complexity index is 5700. The van der Waals surface area contributed by atoms with Crippen LogP contribution in [0.2, 0.25) is 0 Å². The van der Waals surface area contributed by atoms with Crippen molar-refractivity contribution in [1.29, 1.82) is 0 Å². The Labute approximate surface area is 856 Å². The molecule has 3 aromatic heterocycles. The molecule has 1 aliphatic heterocycles. The molecule has 146 heavy (non-hydrogen) atoms. The van der Waals surface area contributed by atoms with Crippen LogP contribution in [-0.4, -0.2) is 292 Å². The topological polar surface area (TPSA) is 738 Å². The molecule has 1 aliphatic rings. The predicted molar refractivity (Wildman–Crippen MR) is 543 cm³/mol. The first-order chi connectivity index (χ1) is 69.6. The number of aromatic nitrogens is 4. The van der Waals surface area contributed by atoms with Crippen LogP contribution in [0.15, 0.2) is 134 Å². The Morgan fingerprint density at radius 2 is 0.849 bits per heavy atom. The molecule has 1 fully saturated rings. The number of imidazole rings is 1. The fourth-order valence-electron chi connectivity index (χ4n) is 16.3. The van der Waals surface area contributed by atoms with E-state index in [0.717, 1.165) is 4.90 Å². The lowest BCUT2D eigenvalue weighted by Crippen LogP contribution is -2.62. The van der Waals surface area contributed by atoms with Crippen LogP contribution in [0.3, 0.4) is 0 Å². The number of carbonyl (C=O) groups excluding carboxylic acids is 17. The van der Waals surface area contributed by atoms with E-state index in [2.05, 4.69) is 120 Å². The molecular weight excluding hydrogens is 1950 g/mol. The van der Waals surface area contributed by atoms with E-state index < -0.39 is 277 Å². The van der Waals surface area contributed by atoms with Gasteiger partial charge in [0.2, 0.25) is 100 Å². The average Bonchev–Trinajstić information content (AvgIpc) is 1.70. The maximum atomic E-state index is 15.4. The molecule has 28 N–H and O–H groups in total. The summed E-state index contributed by atoms with van der Waals surface area (Å²) in [7, 11) is 0. The minimum absolute atomic E-state index is 0.0330. The highest BCUT2D eigenvalue weighted by atomic mass is 32.2. The smallest absolute Gasteiger partial charge is 0.326 e. The Kier molecular flexibility index (Phi) is 46.8. The number of rotatable bonds is 62. The van der Waals surface area contributed by atoms with Gasteiger partial charge in [-0.05, 0) is 123 Å². The van der Waals surface area contributed by atoms with E-state index in [-0.39, 0.29) is 94.7 Å². The van der Waals surface area contributed by atoms with Gasteiger partial charge in [-0.25, -0.2) is 9.78 Å². The third-order valence-corrected chi connectivity index (χ3v) is 25.5. The molecular formula is C97H131N23O23S3. The van der Waals surface area contributed by atoms with Crippen LogP contribution in [-0.2, 0) is 128 Å². The predicted octanol–water partition coefficient (Wildman–Crippen LogP) is -2.00. The number of amides is 17. The highest BCUT2D eigenvalue weighted by molar-refractivity contribution is 7.98. The van der Waals surface area contributed by atoms with Crippen LogP contribution < -0.4 is 97.4 Å². The summed E-state index contributed by atoms with van der Waals surface area (Å²) >= 11 is 9.94. The number of hydrogen-bond acceptors (Lipinski definition) is 26. The molecule has 0 saturated carbocycles. The van der Waals surface area contributed by atoms with Gasteiger partial charge in [0, 0.05) is 109 Å². The molecule has 4 aromatic carbocycles. The van der Waals surface area contributed by atoms with Gasteiger partial charge in [0.1, 0.15) is 90.6 Å². The van der Waals surface area contributed by atoms with E-state index in [1.54, 1.807) is 156 Å². The molecule has 17 amide bonds. The van der Waals surface area contributed by atoms with E-state index in [1.807, 2.05) is 0 Å². The molecule has 0 aliphatic carbocycles. The molecule has 49 heteroatoms. The van der Waals surface area contributed by atoms with E-state index in [0.29, 0.717) is 50.5 Å². The number of unbranched alkanes of at least 4 members (excludes halogenated alkanes) is 1. The molecule has 16 atom stereocenters. The lowest BCUT2D eigenvalue weighted by molar-refractivity contribution is -0.145. The minimum atomic E-state index is -1.79. The van der Waals surface area contributed by atoms with Crippen molar-refractivity contribution in [3.05, 3.63) is 162 Å². The van der Waals surface area contributed by atoms with Gasteiger partial charge in [-0.2, -0.15) is 37.0 Å². The SMILES string of the molecule is CSCC[C@H](NC(=O)[C@H](Cc1ccccc1)NC(=O)[C@H](CCC(=O)O)NC(=O)[C@H](CS)NC(=O)[C@@H](NC(=O)[C@H](Cc1c[nH]c2ccccc12)NC(=O)[C@@H](N)CC(=O)O)C(C)C)C(=O)N[C@@H](CCCCN)C(=O)N[C@@H](Cc1cnc[nH]1)C(=O)N[C@@H](CCC(N)=O)C(=O)N[C@@H](Cc1c[nH]c2ccccc12)C(=O)N[C@@H](Cc1ccccc1)C(=O)N[C@@H](CS)C(=O)N[C@@H](CC(N)=O)C(=O)N1CCC[C@H]1C(=O)N[C@@H](CC(C)C)C(=O)O. The van der Waals surface area contributed by atoms with Crippen molar-refractivity contribution < 1.29 is 111 Å². The average molecular weight is 2080 g/mol. The second-order valence-electron chi connectivity index (χ2n) is 36.2. The quantitative estimate of drug-likeness (QED) is 0.0145. The summed E-state index contributed by atoms with van der Waals surface area (Å²) in [5.41, 5.74) is 26.6. The fraction of sp³-hybridized carbons (Fsp3) is 0.474. The van der Waals surface area contributed by atoms with E-state index in [9.17, 15) is 82.4 Å². The lowest BCUT2D eigenvalue weighted by atomic mass is 10.00. The van der Waals surface area contributed by atoms with Gasteiger partial charge in [-0.15, -0.1) is 0 Å². The van der Waals surface area contributed by atoms with Gasteiger partial charge < -0.3 is 133 Å². The largest absolute Gasteiger partial charge is 0.481 e. The number of carboxylic acids is 3. The van der Waals surface area contributed by atoms with Crippen LogP contribution in [0.4, 0.5) is 0 Å². The Hall–Kier alpha value is -14.5. The number of aromatic amines is 3. The van der Waals surface area contributed by atoms with Gasteiger partial charge >= 0.3 is 17.9 Å². The first kappa shape index (κ1) is 117. The zero-order valence-electron chi connectivity index (χ0n) is 81.4. The third kappa shape index (κ3) is 36.7. The standard InChI is InChI=1S/C97H131N23O23S3/c1-51(2)37-73(97(142)143)116-94(139)76-28-18-35-120(76)96(141)72(44-78(101)122)115-93(138)74(48-144)117-88(133)68(39-54-21-10-7-11-22-54)112-89(134)69(40-55-45-103-61-25-14-12-23-58(55)61)113-84(129)64(29-31-77(100)121)107-90(135)71(42-57-47-102-50-105-57)114-83(128)63(27-16-17-34-98)106-86(131)66(33-36-146-5)109-87(132)67(38-53-19-8-6-9-20-53)111-85(130)65(30-32-79(123)124)108-92(137)75(49-145)118-95(140)81(52(3)4)119-91(136)70(110-82(127)60(99)43-80(125)126)41-56-46-104-62-26-15-13-24-59(56)62/h6-15,19-26,45-47,50-52,60,63-76,81,103-104,144-145H,16-18,27-44,48-49,98-99H2,1-5H3,(H2,100,121)(H2,101,122)(H,102,105)(H,106,131)(H,107,135)(H,108,137)(H,109,132)(H,110,127)(H,111,130)(H,112,134)(H,113,129)(H,114,128)(H,115,138)(H,116,139)(H,117,133)(H,118,140)(H,119,136)(H,123,124)(H,125,126)(H,142,143)/t60-,63-,64-,65-,66-,67-,68-,69-,70-,71-,72-,73-,74-,75-,76-,81-/m0/s1. The summed E-state index contributed by atoms with van der Waals surface area (Å²) in [6, 6.07) is 5.12. The molecule has 4 heterocycles. The second-order valence-corrected chi connectivity index (χ2v) is 37.9. The van der Waals surface area contributed by atoms with Crippen LogP contribution in [0.1, 0.15) is 139 Å². The molecule has 8 rings (SSSR count). The van der Waals surface area contributed by atoms with Crippen molar-refractivity contribution in [2.45, 2.75) is 240 Å². The van der Waals surface area contributed by atoms with Gasteiger partial charge in [-0.1, -0.05) is 125 Å². The molecule has 790 valence electrons. The number of carbonyl (C=O) groups is 20. The zero-order valence-corrected chi connectivity index (χ0v) is 84.0. The minimum Gasteiger partial charge on any atom is -0.481 e. The van der Waals surface area contributed by atoms with Gasteiger partial charge in [0.25, 0.3) is 0 Å². The molecule has 46 nitrogen and oxygen atoms in total. The number of para-hydroxylation sites is 2. The molecule has 0 radical (unpaired) electrons. The first-order valence-electron chi connectivity index (χ1n) is 47.7. The van der Waals surface area contributed by atoms with E-state index in [4.69, 9.17) is 22.9 Å². The summed E-state index contributed by atoms with van der Waals surface area (Å²) in [5.74, 6) is -22.7. The summed E-state index contributed by atoms with van der Waals surface area (Å²) in [4.78, 5) is 296. The van der Waals surface area contributed by atoms with Crippen molar-refractivity contribution in [2.75, 3.05) is 36.6 Å². The maximum Gasteiger partial charge on any atom is 0.326 e. The number of fused-ring (bicyclic) bond motifs is 2. The van der Waals surface area contributed by atoms with Gasteiger partial charge in [0.15, 0.2) is 0 Å².